The highest BCUT2D eigenvalue weighted by Gasteiger charge is 2.28. The Morgan fingerprint density at radius 1 is 1.62 bits per heavy atom. The van der Waals surface area contributed by atoms with Gasteiger partial charge in [0.2, 0.25) is 0 Å². The molecule has 1 N–H and O–H groups in total. The number of aromatic nitrogens is 2. The number of hydrogen-bond donors (Lipinski definition) is 1. The molecule has 0 unspecified atom stereocenters. The Bertz CT molecular complexity index is 962. The second kappa shape index (κ2) is 6.98. The summed E-state index contributed by atoms with van der Waals surface area (Å²) in [6.45, 7) is 1.85. The standard InChI is InChI=1S/C15H14N4O3S2/c1-2-22-14(21)10(7-16)13-19(9-3-4-9)12(20)11(24-13)8-18-15-17-5-6-23-15/h5-6,8-9H,2-4H2,1H3,(H,17,18)/b11-8-,13-10-. The summed E-state index contributed by atoms with van der Waals surface area (Å²) in [6.07, 6.45) is 4.95. The van der Waals surface area contributed by atoms with Crippen LogP contribution < -0.4 is 20.1 Å². The molecule has 0 atom stereocenters. The topological polar surface area (TPSA) is 97.0 Å². The number of nitriles is 1. The highest BCUT2D eigenvalue weighted by Crippen LogP contribution is 2.32. The van der Waals surface area contributed by atoms with Gasteiger partial charge in [0.1, 0.15) is 15.3 Å². The first-order valence-corrected chi connectivity index (χ1v) is 9.04. The molecule has 2 aromatic rings. The molecular weight excluding hydrogens is 348 g/mol. The van der Waals surface area contributed by atoms with Gasteiger partial charge in [0, 0.05) is 23.8 Å². The van der Waals surface area contributed by atoms with Crippen molar-refractivity contribution >= 4 is 45.5 Å². The van der Waals surface area contributed by atoms with Crippen molar-refractivity contribution in [1.29, 1.82) is 5.26 Å². The van der Waals surface area contributed by atoms with Gasteiger partial charge < -0.3 is 10.1 Å². The largest absolute Gasteiger partial charge is 0.462 e. The molecule has 1 aliphatic rings. The van der Waals surface area contributed by atoms with Gasteiger partial charge in [-0.05, 0) is 19.8 Å². The molecule has 2 aromatic heterocycles. The Labute approximate surface area is 145 Å². The van der Waals surface area contributed by atoms with Crippen LogP contribution in [0.15, 0.2) is 16.4 Å². The van der Waals surface area contributed by atoms with Crippen molar-refractivity contribution in [2.75, 3.05) is 11.9 Å². The van der Waals surface area contributed by atoms with E-state index in [9.17, 15) is 14.9 Å². The van der Waals surface area contributed by atoms with Gasteiger partial charge in [-0.1, -0.05) is 0 Å². The van der Waals surface area contributed by atoms with Crippen LogP contribution in [0, 0.1) is 11.3 Å². The molecule has 0 aromatic carbocycles. The number of anilines is 1. The fraction of sp³-hybridized carbons (Fsp3) is 0.333. The average molecular weight is 362 g/mol. The van der Waals surface area contributed by atoms with Crippen LogP contribution in [0.25, 0.3) is 11.8 Å². The maximum Gasteiger partial charge on any atom is 0.351 e. The Kier molecular flexibility index (Phi) is 4.78. The molecule has 2 heterocycles. The monoisotopic (exact) mass is 362 g/mol. The van der Waals surface area contributed by atoms with Gasteiger partial charge in [-0.15, -0.1) is 22.7 Å². The zero-order valence-electron chi connectivity index (χ0n) is 12.8. The molecule has 124 valence electrons. The smallest absolute Gasteiger partial charge is 0.351 e. The van der Waals surface area contributed by atoms with Gasteiger partial charge in [0.25, 0.3) is 5.56 Å². The highest BCUT2D eigenvalue weighted by molar-refractivity contribution is 7.13. The summed E-state index contributed by atoms with van der Waals surface area (Å²) in [5.41, 5.74) is -0.335. The number of ether oxygens (including phenoxy) is 1. The zero-order valence-corrected chi connectivity index (χ0v) is 14.4. The number of carbonyl (C=O) groups is 1. The summed E-state index contributed by atoms with van der Waals surface area (Å²) in [5, 5.41) is 14.8. The number of nitrogens with one attached hydrogen (secondary N) is 1. The molecule has 7 nitrogen and oxygen atoms in total. The van der Waals surface area contributed by atoms with Crippen molar-refractivity contribution in [2.45, 2.75) is 25.8 Å². The zero-order chi connectivity index (χ0) is 17.1. The van der Waals surface area contributed by atoms with Crippen molar-refractivity contribution in [3.8, 4) is 6.07 Å². The quantitative estimate of drug-likeness (QED) is 0.790. The predicted molar refractivity (Wildman–Crippen MR) is 92.0 cm³/mol. The van der Waals surface area contributed by atoms with E-state index in [-0.39, 0.29) is 23.8 Å². The SMILES string of the molecule is CCOC(=O)/C(C#N)=c1\s/c(=C\Nc2nccs2)c(=O)n1C1CC1. The van der Waals surface area contributed by atoms with Gasteiger partial charge in [0.15, 0.2) is 10.7 Å². The van der Waals surface area contributed by atoms with Gasteiger partial charge >= 0.3 is 5.97 Å². The van der Waals surface area contributed by atoms with Crippen LogP contribution in [-0.4, -0.2) is 22.1 Å². The maximum absolute atomic E-state index is 12.6. The van der Waals surface area contributed by atoms with Gasteiger partial charge in [-0.25, -0.2) is 9.78 Å². The normalized spacial score (nSPS) is 15.8. The van der Waals surface area contributed by atoms with Crippen LogP contribution in [0.4, 0.5) is 5.13 Å². The molecule has 0 aliphatic heterocycles. The number of thiazole rings is 2. The van der Waals surface area contributed by atoms with E-state index in [0.29, 0.717) is 14.3 Å². The van der Waals surface area contributed by atoms with E-state index in [2.05, 4.69) is 10.3 Å². The van der Waals surface area contributed by atoms with E-state index in [1.165, 1.54) is 15.9 Å². The van der Waals surface area contributed by atoms with Gasteiger partial charge in [-0.2, -0.15) is 5.26 Å². The summed E-state index contributed by atoms with van der Waals surface area (Å²) >= 11 is 2.52. The van der Waals surface area contributed by atoms with E-state index in [1.54, 1.807) is 19.3 Å². The third-order valence-electron chi connectivity index (χ3n) is 3.33. The number of carbonyl (C=O) groups excluding carboxylic acids is 1. The molecular formula is C15H14N4O3S2. The summed E-state index contributed by atoms with van der Waals surface area (Å²) in [6, 6.07) is 1.93. The number of rotatable bonds is 5. The first kappa shape index (κ1) is 16.4. The lowest BCUT2D eigenvalue weighted by atomic mass is 10.3. The Morgan fingerprint density at radius 2 is 2.42 bits per heavy atom. The van der Waals surface area contributed by atoms with Crippen molar-refractivity contribution in [3.63, 3.8) is 0 Å². The van der Waals surface area contributed by atoms with Crippen molar-refractivity contribution in [3.05, 3.63) is 31.1 Å². The second-order valence-electron chi connectivity index (χ2n) is 5.01. The van der Waals surface area contributed by atoms with Crippen LogP contribution in [-0.2, 0) is 9.53 Å². The number of nitrogens with zero attached hydrogens (tertiary/aromatic N) is 3. The van der Waals surface area contributed by atoms with Crippen molar-refractivity contribution in [1.82, 2.24) is 9.55 Å². The first-order chi connectivity index (χ1) is 11.7. The molecule has 1 saturated carbocycles. The highest BCUT2D eigenvalue weighted by atomic mass is 32.1. The molecule has 24 heavy (non-hydrogen) atoms. The number of hydrogen-bond acceptors (Lipinski definition) is 8. The minimum atomic E-state index is -0.699. The van der Waals surface area contributed by atoms with Crippen LogP contribution in [0.2, 0.25) is 0 Å². The number of esters is 1. The fourth-order valence-electron chi connectivity index (χ4n) is 2.14. The molecule has 3 rings (SSSR count). The van der Waals surface area contributed by atoms with Gasteiger partial charge in [0.05, 0.1) is 6.61 Å². The molecule has 1 aliphatic carbocycles. The average Bonchev–Trinajstić information content (AvgIpc) is 3.15. The molecule has 0 bridgehead atoms. The first-order valence-electron chi connectivity index (χ1n) is 7.34. The van der Waals surface area contributed by atoms with Crippen LogP contribution in [0.3, 0.4) is 0 Å². The second-order valence-corrected chi connectivity index (χ2v) is 6.94. The van der Waals surface area contributed by atoms with E-state index < -0.39 is 5.97 Å². The Morgan fingerprint density at radius 3 is 3.00 bits per heavy atom. The molecule has 0 spiro atoms. The van der Waals surface area contributed by atoms with Crippen LogP contribution >= 0.6 is 22.7 Å². The summed E-state index contributed by atoms with van der Waals surface area (Å²) < 4.78 is 7.25. The Hall–Kier alpha value is -2.44. The summed E-state index contributed by atoms with van der Waals surface area (Å²) in [7, 11) is 0. The lowest BCUT2D eigenvalue weighted by Crippen LogP contribution is -2.32. The van der Waals surface area contributed by atoms with Crippen LogP contribution in [0.5, 0.6) is 0 Å². The maximum atomic E-state index is 12.6. The molecule has 0 amide bonds. The molecule has 0 radical (unpaired) electrons. The lowest BCUT2D eigenvalue weighted by molar-refractivity contribution is -0.136. The van der Waals surface area contributed by atoms with Crippen molar-refractivity contribution < 1.29 is 9.53 Å². The predicted octanol–water partition coefficient (Wildman–Crippen LogP) is 0.789. The van der Waals surface area contributed by atoms with Crippen molar-refractivity contribution in [2.24, 2.45) is 0 Å². The Balaban J connectivity index is 2.14. The fourth-order valence-corrected chi connectivity index (χ4v) is 3.71. The van der Waals surface area contributed by atoms with Gasteiger partial charge in [-0.3, -0.25) is 9.36 Å². The summed E-state index contributed by atoms with van der Waals surface area (Å²) in [4.78, 5) is 28.7. The van der Waals surface area contributed by atoms with E-state index in [4.69, 9.17) is 4.74 Å². The minimum Gasteiger partial charge on any atom is -0.462 e. The van der Waals surface area contributed by atoms with E-state index in [1.807, 2.05) is 11.4 Å². The van der Waals surface area contributed by atoms with E-state index >= 15 is 0 Å². The third kappa shape index (κ3) is 3.25. The molecule has 1 fully saturated rings. The third-order valence-corrected chi connectivity index (χ3v) is 5.14. The summed E-state index contributed by atoms with van der Waals surface area (Å²) in [5.74, 6) is -0.699. The van der Waals surface area contributed by atoms with Crippen LogP contribution in [0.1, 0.15) is 25.8 Å². The molecule has 9 heteroatoms. The molecule has 0 saturated heterocycles. The lowest BCUT2D eigenvalue weighted by Gasteiger charge is -2.01. The van der Waals surface area contributed by atoms with E-state index in [0.717, 1.165) is 24.2 Å². The minimum absolute atomic E-state index is 0.0449.